The van der Waals surface area contributed by atoms with Crippen LogP contribution in [-0.4, -0.2) is 138 Å². The third-order valence-electron chi connectivity index (χ3n) is 9.81. The van der Waals surface area contributed by atoms with E-state index in [1.165, 1.54) is 16.4 Å². The Hall–Kier alpha value is -3.18. The molecule has 0 aromatic heterocycles. The fourth-order valence-electron chi connectivity index (χ4n) is 6.88. The maximum atomic E-state index is 14.0. The van der Waals surface area contributed by atoms with Gasteiger partial charge in [-0.3, -0.25) is 0 Å². The number of amides is 1. The monoisotopic (exact) mass is 732 g/mol. The molecule has 3 fully saturated rings. The summed E-state index contributed by atoms with van der Waals surface area (Å²) >= 11 is 0. The maximum absolute atomic E-state index is 14.0. The Balaban J connectivity index is 1.12. The highest BCUT2D eigenvalue weighted by molar-refractivity contribution is 7.89. The standard InChI is InChI=1S/C36H52N4O10S/c1-25(2)21-40(51(43,44)28-9-10-32-33(20-28)49-24-48-32)22-31(41)30(37-36(42)50-34-23-47-35-29(34)11-18-46-35)19-26-5-7-27(8-6-26)45-17-4-12-39-15-13-38(3)14-16-39/h5-10,20,25,29-31,34-35,41H,4,11-19,21-24H2,1-3H3,(H,37,42)/t29-,30-,31+,34+,35+/m0/s1. The molecule has 1 amide bonds. The van der Waals surface area contributed by atoms with Crippen LogP contribution in [0.2, 0.25) is 0 Å². The predicted molar refractivity (Wildman–Crippen MR) is 187 cm³/mol. The van der Waals surface area contributed by atoms with Crippen LogP contribution in [0.1, 0.15) is 32.3 Å². The Morgan fingerprint density at radius 2 is 1.80 bits per heavy atom. The van der Waals surface area contributed by atoms with Gasteiger partial charge in [0, 0.05) is 51.9 Å². The molecule has 5 atom stereocenters. The lowest BCUT2D eigenvalue weighted by atomic mass is 10.0. The zero-order valence-corrected chi connectivity index (χ0v) is 30.6. The van der Waals surface area contributed by atoms with Gasteiger partial charge in [-0.2, -0.15) is 4.31 Å². The summed E-state index contributed by atoms with van der Waals surface area (Å²) in [4.78, 5) is 18.1. The molecule has 282 valence electrons. The molecule has 15 heteroatoms. The van der Waals surface area contributed by atoms with Crippen molar-refractivity contribution in [2.24, 2.45) is 11.8 Å². The van der Waals surface area contributed by atoms with E-state index in [9.17, 15) is 18.3 Å². The van der Waals surface area contributed by atoms with Crippen LogP contribution in [0.25, 0.3) is 0 Å². The van der Waals surface area contributed by atoms with E-state index in [4.69, 9.17) is 28.4 Å². The number of benzene rings is 2. The summed E-state index contributed by atoms with van der Waals surface area (Å²) in [5, 5.41) is 14.5. The van der Waals surface area contributed by atoms with Gasteiger partial charge in [0.05, 0.1) is 42.8 Å². The number of hydrogen-bond acceptors (Lipinski definition) is 12. The summed E-state index contributed by atoms with van der Waals surface area (Å²) in [6, 6.07) is 11.1. The second kappa shape index (κ2) is 17.1. The van der Waals surface area contributed by atoms with Gasteiger partial charge in [-0.05, 0) is 62.1 Å². The maximum Gasteiger partial charge on any atom is 0.407 e. The first-order valence-electron chi connectivity index (χ1n) is 18.0. The van der Waals surface area contributed by atoms with Crippen LogP contribution in [0.5, 0.6) is 17.2 Å². The van der Waals surface area contributed by atoms with Crippen molar-refractivity contribution in [3.05, 3.63) is 48.0 Å². The minimum absolute atomic E-state index is 0.0160. The van der Waals surface area contributed by atoms with Crippen LogP contribution in [-0.2, 0) is 30.7 Å². The molecular formula is C36H52N4O10S. The average Bonchev–Trinajstić information content (AvgIpc) is 3.86. The summed E-state index contributed by atoms with van der Waals surface area (Å²) in [6.07, 6.45) is -0.999. The normalized spacial score (nSPS) is 23.4. The first kappa shape index (κ1) is 37.6. The third-order valence-corrected chi connectivity index (χ3v) is 11.6. The van der Waals surface area contributed by atoms with E-state index in [0.29, 0.717) is 24.7 Å². The number of sulfonamides is 1. The van der Waals surface area contributed by atoms with Crippen LogP contribution in [0, 0.1) is 11.8 Å². The molecule has 0 aliphatic carbocycles. The molecule has 0 radical (unpaired) electrons. The Kier molecular flexibility index (Phi) is 12.6. The molecule has 3 saturated heterocycles. The molecule has 4 heterocycles. The molecule has 2 aromatic carbocycles. The number of nitrogens with one attached hydrogen (secondary N) is 1. The number of ether oxygens (including phenoxy) is 6. The Bertz CT molecular complexity index is 1550. The molecule has 0 bridgehead atoms. The van der Waals surface area contributed by atoms with Gasteiger partial charge in [-0.15, -0.1) is 0 Å². The van der Waals surface area contributed by atoms with E-state index in [1.807, 2.05) is 38.1 Å². The number of aliphatic hydroxyl groups excluding tert-OH is 1. The van der Waals surface area contributed by atoms with Crippen molar-refractivity contribution in [1.82, 2.24) is 19.4 Å². The molecule has 0 spiro atoms. The third kappa shape index (κ3) is 9.83. The van der Waals surface area contributed by atoms with Crippen LogP contribution in [0.3, 0.4) is 0 Å². The van der Waals surface area contributed by atoms with Crippen LogP contribution in [0.4, 0.5) is 4.79 Å². The highest BCUT2D eigenvalue weighted by atomic mass is 32.2. The van der Waals surface area contributed by atoms with Crippen LogP contribution in [0.15, 0.2) is 47.4 Å². The minimum Gasteiger partial charge on any atom is -0.494 e. The van der Waals surface area contributed by atoms with Gasteiger partial charge in [0.2, 0.25) is 16.8 Å². The fraction of sp³-hybridized carbons (Fsp3) is 0.639. The predicted octanol–water partition coefficient (Wildman–Crippen LogP) is 2.54. The highest BCUT2D eigenvalue weighted by Gasteiger charge is 2.44. The fourth-order valence-corrected chi connectivity index (χ4v) is 8.52. The largest absolute Gasteiger partial charge is 0.494 e. The summed E-state index contributed by atoms with van der Waals surface area (Å²) in [6.45, 7) is 10.4. The summed E-state index contributed by atoms with van der Waals surface area (Å²) < 4.78 is 62.9. The van der Waals surface area contributed by atoms with Gasteiger partial charge in [-0.1, -0.05) is 26.0 Å². The van der Waals surface area contributed by atoms with E-state index in [0.717, 1.165) is 56.9 Å². The number of hydrogen-bond donors (Lipinski definition) is 2. The van der Waals surface area contributed by atoms with Gasteiger partial charge in [-0.25, -0.2) is 13.2 Å². The van der Waals surface area contributed by atoms with Gasteiger partial charge in [0.25, 0.3) is 0 Å². The average molecular weight is 733 g/mol. The van der Waals surface area contributed by atoms with Crippen molar-refractivity contribution in [2.45, 2.75) is 62.5 Å². The number of alkyl carbamates (subject to hydrolysis) is 1. The summed E-state index contributed by atoms with van der Waals surface area (Å²) in [7, 11) is -1.91. The number of fused-ring (bicyclic) bond motifs is 2. The number of nitrogens with zero attached hydrogens (tertiary/aromatic N) is 3. The molecule has 4 aliphatic heterocycles. The van der Waals surface area contributed by atoms with E-state index in [2.05, 4.69) is 22.2 Å². The highest BCUT2D eigenvalue weighted by Crippen LogP contribution is 2.35. The molecule has 6 rings (SSSR count). The lowest BCUT2D eigenvalue weighted by Crippen LogP contribution is -2.51. The van der Waals surface area contributed by atoms with Gasteiger partial charge < -0.3 is 48.6 Å². The van der Waals surface area contributed by atoms with E-state index >= 15 is 0 Å². The molecule has 0 unspecified atom stereocenters. The van der Waals surface area contributed by atoms with Gasteiger partial charge >= 0.3 is 6.09 Å². The Morgan fingerprint density at radius 1 is 1.04 bits per heavy atom. The van der Waals surface area contributed by atoms with Crippen molar-refractivity contribution in [1.29, 1.82) is 0 Å². The molecule has 51 heavy (non-hydrogen) atoms. The molecular weight excluding hydrogens is 680 g/mol. The number of piperazine rings is 1. The van der Waals surface area contributed by atoms with Crippen molar-refractivity contribution in [3.63, 3.8) is 0 Å². The first-order chi connectivity index (χ1) is 24.5. The first-order valence-corrected chi connectivity index (χ1v) is 19.4. The van der Waals surface area contributed by atoms with E-state index < -0.39 is 34.4 Å². The van der Waals surface area contributed by atoms with E-state index in [1.54, 1.807) is 6.07 Å². The van der Waals surface area contributed by atoms with Gasteiger partial charge in [0.15, 0.2) is 17.8 Å². The number of aliphatic hydroxyl groups is 1. The lowest BCUT2D eigenvalue weighted by Gasteiger charge is -2.32. The van der Waals surface area contributed by atoms with Crippen LogP contribution < -0.4 is 19.5 Å². The van der Waals surface area contributed by atoms with E-state index in [-0.39, 0.29) is 55.9 Å². The van der Waals surface area contributed by atoms with Crippen molar-refractivity contribution < 1.29 is 46.7 Å². The Morgan fingerprint density at radius 3 is 2.57 bits per heavy atom. The van der Waals surface area contributed by atoms with Crippen molar-refractivity contribution in [2.75, 3.05) is 79.5 Å². The molecule has 2 N–H and O–H groups in total. The minimum atomic E-state index is -4.06. The molecule has 0 saturated carbocycles. The number of rotatable bonds is 16. The van der Waals surface area contributed by atoms with Crippen LogP contribution >= 0.6 is 0 Å². The molecule has 2 aromatic rings. The van der Waals surface area contributed by atoms with Crippen molar-refractivity contribution >= 4 is 16.1 Å². The Labute approximate surface area is 300 Å². The molecule has 4 aliphatic rings. The van der Waals surface area contributed by atoms with Crippen molar-refractivity contribution in [3.8, 4) is 17.2 Å². The second-order valence-corrected chi connectivity index (χ2v) is 16.2. The second-order valence-electron chi connectivity index (χ2n) is 14.2. The number of carbonyl (C=O) groups is 1. The molecule has 14 nitrogen and oxygen atoms in total. The quantitative estimate of drug-likeness (QED) is 0.245. The summed E-state index contributed by atoms with van der Waals surface area (Å²) in [5.41, 5.74) is 0.826. The smallest absolute Gasteiger partial charge is 0.407 e. The number of carbonyl (C=O) groups excluding carboxylic acids is 1. The lowest BCUT2D eigenvalue weighted by molar-refractivity contribution is -0.0907. The zero-order valence-electron chi connectivity index (χ0n) is 29.8. The van der Waals surface area contributed by atoms with Gasteiger partial charge in [0.1, 0.15) is 11.9 Å². The summed E-state index contributed by atoms with van der Waals surface area (Å²) in [5.74, 6) is 1.44. The zero-order chi connectivity index (χ0) is 36.0. The number of likely N-dealkylation sites (N-methyl/N-ethyl adjacent to an activating group) is 1. The SMILES string of the molecule is CC(C)CN(C[C@@H](O)[C@H](Cc1ccc(OCCCN2CCN(C)CC2)cc1)NC(=O)O[C@@H]1CO[C@H]2OCC[C@H]21)S(=O)(=O)c1ccc2c(c1)OCO2. The topological polar surface area (TPSA) is 149 Å².